The Morgan fingerprint density at radius 2 is 1.69 bits per heavy atom. The van der Waals surface area contributed by atoms with Gasteiger partial charge in [-0.25, -0.2) is 4.79 Å². The molecule has 0 saturated carbocycles. The summed E-state index contributed by atoms with van der Waals surface area (Å²) in [5.41, 5.74) is 8.87. The van der Waals surface area contributed by atoms with Crippen LogP contribution in [-0.2, 0) is 18.2 Å². The van der Waals surface area contributed by atoms with Gasteiger partial charge in [0.25, 0.3) is 5.91 Å². The van der Waals surface area contributed by atoms with E-state index >= 15 is 4.79 Å². The van der Waals surface area contributed by atoms with Crippen LogP contribution >= 0.6 is 23.2 Å². The molecule has 3 aromatic carbocycles. The van der Waals surface area contributed by atoms with Crippen LogP contribution in [0.4, 0.5) is 5.69 Å². The van der Waals surface area contributed by atoms with Gasteiger partial charge < -0.3 is 33.8 Å². The van der Waals surface area contributed by atoms with Gasteiger partial charge in [0.1, 0.15) is 29.5 Å². The Kier molecular flexibility index (Phi) is 10.2. The lowest BCUT2D eigenvalue weighted by Gasteiger charge is -2.34. The third-order valence-corrected chi connectivity index (χ3v) is 11.2. The summed E-state index contributed by atoms with van der Waals surface area (Å²) in [7, 11) is 3.51. The number of ether oxygens (including phenoxy) is 3. The molecule has 282 valence electrons. The van der Waals surface area contributed by atoms with E-state index in [0.29, 0.717) is 65.7 Å². The van der Waals surface area contributed by atoms with Crippen molar-refractivity contribution in [3.63, 3.8) is 0 Å². The molecule has 2 N–H and O–H groups in total. The number of carbonyl (C=O) groups excluding carboxylic acids is 1. The Hall–Kier alpha value is -4.97. The first-order chi connectivity index (χ1) is 25.8. The maximum Gasteiger partial charge on any atom is 0.352 e. The van der Waals surface area contributed by atoms with Crippen molar-refractivity contribution in [2.75, 3.05) is 38.4 Å². The van der Waals surface area contributed by atoms with Crippen LogP contribution in [0.25, 0.3) is 32.9 Å². The fourth-order valence-corrected chi connectivity index (χ4v) is 8.15. The van der Waals surface area contributed by atoms with E-state index in [-0.39, 0.29) is 24.2 Å². The topological polar surface area (TPSA) is 124 Å². The number of rotatable bonds is 12. The van der Waals surface area contributed by atoms with E-state index in [1.54, 1.807) is 30.2 Å². The Morgan fingerprint density at radius 3 is 2.35 bits per heavy atom. The van der Waals surface area contributed by atoms with Crippen molar-refractivity contribution in [3.05, 3.63) is 92.0 Å². The number of anilines is 1. The second-order valence-corrected chi connectivity index (χ2v) is 14.8. The number of carboxylic acids is 1. The van der Waals surface area contributed by atoms with Crippen molar-refractivity contribution in [1.29, 1.82) is 0 Å². The SMILES string of the molecule is COCCOc1cc(N2C[C@@H](C)n3c(c(CCCOc4cc(C)c(Cl)c(C)c4)c4ccc(Cl)c(-c5c(C)nn(C)c5C)c43)C2=O)c2[nH]c(C(=O)O)cc2c1. The highest BCUT2D eigenvalue weighted by molar-refractivity contribution is 6.35. The molecule has 0 fully saturated rings. The number of carboxylic acid groups (broad SMARTS) is 1. The minimum atomic E-state index is -1.10. The number of aryl methyl sites for hydroxylation is 5. The van der Waals surface area contributed by atoms with Crippen LogP contribution in [0, 0.1) is 27.7 Å². The highest BCUT2D eigenvalue weighted by Crippen LogP contribution is 2.46. The van der Waals surface area contributed by atoms with Crippen LogP contribution in [0.5, 0.6) is 11.5 Å². The standard InChI is InChI=1S/C41H43Cl2N5O6/c1-21-15-27(16-22(2)36(21)43)53-12-8-9-29-30-10-11-31(42)35(34-24(4)45-46(6)25(34)5)38(30)48-23(3)20-47(40(49)39(29)48)33-19-28(54-14-13-52-7)17-26-18-32(41(50)51)44-37(26)33/h10-11,15-19,23,44H,8-9,12-14,20H2,1-7H3,(H,50,51)/t23-/m1/s1. The van der Waals surface area contributed by atoms with Gasteiger partial charge in [0.15, 0.2) is 0 Å². The summed E-state index contributed by atoms with van der Waals surface area (Å²) >= 11 is 13.5. The van der Waals surface area contributed by atoms with Crippen LogP contribution in [0.3, 0.4) is 0 Å². The molecule has 54 heavy (non-hydrogen) atoms. The molecule has 1 aliphatic heterocycles. The van der Waals surface area contributed by atoms with Crippen LogP contribution < -0.4 is 14.4 Å². The molecule has 0 spiro atoms. The fourth-order valence-electron chi connectivity index (χ4n) is 7.79. The fraction of sp³-hybridized carbons (Fsp3) is 0.341. The number of aromatic amines is 1. The maximum atomic E-state index is 15.2. The first-order valence-electron chi connectivity index (χ1n) is 17.9. The zero-order valence-electron chi connectivity index (χ0n) is 31.4. The van der Waals surface area contributed by atoms with Crippen molar-refractivity contribution in [2.24, 2.45) is 7.05 Å². The molecule has 0 bridgehead atoms. The third-order valence-electron chi connectivity index (χ3n) is 10.3. The summed E-state index contributed by atoms with van der Waals surface area (Å²) < 4.78 is 21.4. The average Bonchev–Trinajstić information content (AvgIpc) is 3.79. The number of halogens is 2. The van der Waals surface area contributed by atoms with Crippen LogP contribution in [0.2, 0.25) is 10.0 Å². The number of methoxy groups -OCH3 is 1. The lowest BCUT2D eigenvalue weighted by Crippen LogP contribution is -2.42. The second-order valence-electron chi connectivity index (χ2n) is 14.0. The molecule has 0 saturated heterocycles. The summed E-state index contributed by atoms with van der Waals surface area (Å²) in [6.07, 6.45) is 1.17. The van der Waals surface area contributed by atoms with E-state index in [1.165, 1.54) is 0 Å². The molecule has 11 nitrogen and oxygen atoms in total. The van der Waals surface area contributed by atoms with Gasteiger partial charge in [-0.15, -0.1) is 0 Å². The van der Waals surface area contributed by atoms with Crippen molar-refractivity contribution in [2.45, 2.75) is 53.5 Å². The number of nitrogens with zero attached hydrogens (tertiary/aromatic N) is 4. The summed E-state index contributed by atoms with van der Waals surface area (Å²) in [5.74, 6) is -0.0726. The Labute approximate surface area is 323 Å². The molecule has 1 amide bonds. The normalized spacial score (nSPS) is 14.4. The van der Waals surface area contributed by atoms with Crippen molar-refractivity contribution in [3.8, 4) is 22.6 Å². The van der Waals surface area contributed by atoms with Crippen LogP contribution in [-0.4, -0.2) is 69.8 Å². The minimum Gasteiger partial charge on any atom is -0.494 e. The van der Waals surface area contributed by atoms with E-state index in [1.807, 2.05) is 63.7 Å². The Balaban J connectivity index is 1.38. The Morgan fingerprint density at radius 1 is 0.981 bits per heavy atom. The predicted octanol–water partition coefficient (Wildman–Crippen LogP) is 9.02. The molecule has 13 heteroatoms. The molecule has 3 aromatic heterocycles. The van der Waals surface area contributed by atoms with E-state index < -0.39 is 5.97 Å². The maximum absolute atomic E-state index is 15.2. The van der Waals surface area contributed by atoms with Gasteiger partial charge >= 0.3 is 5.97 Å². The number of hydrogen-bond acceptors (Lipinski definition) is 6. The minimum absolute atomic E-state index is 0.0140. The number of fused-ring (bicyclic) bond motifs is 4. The number of aromatic nitrogens is 4. The second kappa shape index (κ2) is 14.7. The summed E-state index contributed by atoms with van der Waals surface area (Å²) in [5, 5.41) is 17.4. The molecule has 0 unspecified atom stereocenters. The molecule has 0 aliphatic carbocycles. The van der Waals surface area contributed by atoms with Crippen molar-refractivity contribution in [1.82, 2.24) is 19.3 Å². The molecule has 1 atom stereocenters. The lowest BCUT2D eigenvalue weighted by atomic mass is 9.98. The zero-order chi connectivity index (χ0) is 38.6. The predicted molar refractivity (Wildman–Crippen MR) is 212 cm³/mol. The van der Waals surface area contributed by atoms with Crippen molar-refractivity contribution < 1.29 is 28.9 Å². The molecule has 1 aliphatic rings. The number of aromatic carboxylic acids is 1. The zero-order valence-corrected chi connectivity index (χ0v) is 32.9. The molecule has 0 radical (unpaired) electrons. The first kappa shape index (κ1) is 37.3. The van der Waals surface area contributed by atoms with E-state index in [2.05, 4.69) is 16.5 Å². The number of H-pyrrole nitrogens is 1. The van der Waals surface area contributed by atoms with Crippen LogP contribution in [0.1, 0.15) is 68.4 Å². The highest BCUT2D eigenvalue weighted by Gasteiger charge is 2.37. The number of nitrogens with one attached hydrogen (secondary N) is 1. The highest BCUT2D eigenvalue weighted by atomic mass is 35.5. The summed E-state index contributed by atoms with van der Waals surface area (Å²) in [4.78, 5) is 32.0. The molecular formula is C41H43Cl2N5O6. The van der Waals surface area contributed by atoms with Crippen LogP contribution in [0.15, 0.2) is 42.5 Å². The quantitative estimate of drug-likeness (QED) is 0.119. The third kappa shape index (κ3) is 6.48. The van der Waals surface area contributed by atoms with Gasteiger partial charge in [0, 0.05) is 65.4 Å². The molecule has 6 aromatic rings. The molecular weight excluding hydrogens is 729 g/mol. The summed E-state index contributed by atoms with van der Waals surface area (Å²) in [6.45, 7) is 11.4. The van der Waals surface area contributed by atoms with Crippen molar-refractivity contribution >= 4 is 62.6 Å². The molecule has 4 heterocycles. The van der Waals surface area contributed by atoms with Gasteiger partial charge in [-0.3, -0.25) is 9.48 Å². The van der Waals surface area contributed by atoms with E-state index in [0.717, 1.165) is 60.9 Å². The number of benzene rings is 3. The van der Waals surface area contributed by atoms with E-state index in [4.69, 9.17) is 42.5 Å². The number of carbonyl (C=O) groups is 2. The first-order valence-corrected chi connectivity index (χ1v) is 18.6. The van der Waals surface area contributed by atoms with E-state index in [9.17, 15) is 9.90 Å². The van der Waals surface area contributed by atoms with Gasteiger partial charge in [-0.1, -0.05) is 29.3 Å². The molecule has 7 rings (SSSR count). The lowest BCUT2D eigenvalue weighted by molar-refractivity contribution is 0.0691. The van der Waals surface area contributed by atoms with Gasteiger partial charge in [0.05, 0.1) is 40.7 Å². The number of hydrogen-bond donors (Lipinski definition) is 2. The Bertz CT molecular complexity index is 2440. The van der Waals surface area contributed by atoms with Gasteiger partial charge in [-0.2, -0.15) is 5.10 Å². The monoisotopic (exact) mass is 771 g/mol. The average molecular weight is 773 g/mol. The van der Waals surface area contributed by atoms with Gasteiger partial charge in [-0.05, 0) is 94.5 Å². The number of amides is 1. The smallest absolute Gasteiger partial charge is 0.352 e. The largest absolute Gasteiger partial charge is 0.494 e. The summed E-state index contributed by atoms with van der Waals surface area (Å²) in [6, 6.07) is 12.7. The van der Waals surface area contributed by atoms with Gasteiger partial charge in [0.2, 0.25) is 0 Å².